The molecule has 23 heavy (non-hydrogen) atoms. The predicted molar refractivity (Wildman–Crippen MR) is 93.4 cm³/mol. The topological polar surface area (TPSA) is 49.4 Å². The molecule has 1 N–H and O–H groups in total. The van der Waals surface area contributed by atoms with Gasteiger partial charge in [-0.3, -0.25) is 9.59 Å². The maximum absolute atomic E-state index is 12.2. The van der Waals surface area contributed by atoms with E-state index >= 15 is 0 Å². The summed E-state index contributed by atoms with van der Waals surface area (Å²) in [6, 6.07) is 4.09. The highest BCUT2D eigenvalue weighted by Gasteiger charge is 2.19. The first-order chi connectivity index (χ1) is 10.9. The second kappa shape index (κ2) is 7.44. The van der Waals surface area contributed by atoms with Crippen LogP contribution in [0.15, 0.2) is 24.3 Å². The van der Waals surface area contributed by atoms with Gasteiger partial charge >= 0.3 is 0 Å². The SMILES string of the molecule is Cc1cc(C)c(NC(=O)CN(C)C(=O)C[C@@H]2C=CCC2)c(C)c1. The third kappa shape index (κ3) is 4.68. The predicted octanol–water partition coefficient (Wildman–Crippen LogP) is 3.37. The summed E-state index contributed by atoms with van der Waals surface area (Å²) in [5, 5.41) is 2.94. The van der Waals surface area contributed by atoms with Crippen LogP contribution < -0.4 is 5.32 Å². The van der Waals surface area contributed by atoms with E-state index in [1.807, 2.05) is 32.9 Å². The molecule has 1 aromatic carbocycles. The van der Waals surface area contributed by atoms with Crippen LogP contribution in [0.5, 0.6) is 0 Å². The average molecular weight is 314 g/mol. The molecule has 2 amide bonds. The highest BCUT2D eigenvalue weighted by Crippen LogP contribution is 2.22. The molecule has 4 nitrogen and oxygen atoms in total. The summed E-state index contributed by atoms with van der Waals surface area (Å²) in [6.07, 6.45) is 6.79. The summed E-state index contributed by atoms with van der Waals surface area (Å²) in [5.74, 6) is 0.196. The largest absolute Gasteiger partial charge is 0.336 e. The lowest BCUT2D eigenvalue weighted by atomic mass is 10.0. The maximum Gasteiger partial charge on any atom is 0.243 e. The first kappa shape index (κ1) is 17.3. The van der Waals surface area contributed by atoms with E-state index in [4.69, 9.17) is 0 Å². The molecule has 0 unspecified atom stereocenters. The summed E-state index contributed by atoms with van der Waals surface area (Å²) in [4.78, 5) is 25.9. The molecule has 124 valence electrons. The summed E-state index contributed by atoms with van der Waals surface area (Å²) < 4.78 is 0. The number of hydrogen-bond donors (Lipinski definition) is 1. The summed E-state index contributed by atoms with van der Waals surface area (Å²) in [6.45, 7) is 6.09. The highest BCUT2D eigenvalue weighted by molar-refractivity contribution is 5.95. The molecule has 1 aliphatic rings. The molecule has 0 aromatic heterocycles. The number of rotatable bonds is 5. The molecule has 4 heteroatoms. The molecular formula is C19H26N2O2. The molecule has 0 heterocycles. The van der Waals surface area contributed by atoms with Crippen LogP contribution in [0.3, 0.4) is 0 Å². The van der Waals surface area contributed by atoms with Gasteiger partial charge in [0.25, 0.3) is 0 Å². The second-order valence-corrected chi connectivity index (χ2v) is 6.54. The monoisotopic (exact) mass is 314 g/mol. The summed E-state index contributed by atoms with van der Waals surface area (Å²) in [7, 11) is 1.69. The van der Waals surface area contributed by atoms with Crippen molar-refractivity contribution in [1.82, 2.24) is 4.90 Å². The smallest absolute Gasteiger partial charge is 0.243 e. The average Bonchev–Trinajstić information content (AvgIpc) is 2.95. The number of likely N-dealkylation sites (N-methyl/N-ethyl adjacent to an activating group) is 1. The molecule has 0 saturated carbocycles. The zero-order chi connectivity index (χ0) is 17.0. The van der Waals surface area contributed by atoms with Gasteiger partial charge in [-0.15, -0.1) is 0 Å². The minimum Gasteiger partial charge on any atom is -0.336 e. The fourth-order valence-corrected chi connectivity index (χ4v) is 3.11. The van der Waals surface area contributed by atoms with Crippen molar-refractivity contribution in [2.24, 2.45) is 5.92 Å². The van der Waals surface area contributed by atoms with Crippen molar-refractivity contribution >= 4 is 17.5 Å². The first-order valence-corrected chi connectivity index (χ1v) is 8.15. The summed E-state index contributed by atoms with van der Waals surface area (Å²) >= 11 is 0. The van der Waals surface area contributed by atoms with Gasteiger partial charge in [0.2, 0.25) is 11.8 Å². The lowest BCUT2D eigenvalue weighted by molar-refractivity contribution is -0.133. The second-order valence-electron chi connectivity index (χ2n) is 6.54. The van der Waals surface area contributed by atoms with Crippen molar-refractivity contribution < 1.29 is 9.59 Å². The van der Waals surface area contributed by atoms with E-state index in [2.05, 4.69) is 17.5 Å². The number of nitrogens with one attached hydrogen (secondary N) is 1. The van der Waals surface area contributed by atoms with Gasteiger partial charge < -0.3 is 10.2 Å². The van der Waals surface area contributed by atoms with Crippen molar-refractivity contribution in [3.05, 3.63) is 41.0 Å². The number of hydrogen-bond acceptors (Lipinski definition) is 2. The highest BCUT2D eigenvalue weighted by atomic mass is 16.2. The van der Waals surface area contributed by atoms with Crippen LogP contribution in [-0.4, -0.2) is 30.3 Å². The van der Waals surface area contributed by atoms with Crippen LogP contribution in [0, 0.1) is 26.7 Å². The molecule has 1 aliphatic carbocycles. The number of carbonyl (C=O) groups excluding carboxylic acids is 2. The molecule has 1 atom stereocenters. The Labute approximate surface area is 138 Å². The van der Waals surface area contributed by atoms with E-state index in [0.29, 0.717) is 12.3 Å². The quantitative estimate of drug-likeness (QED) is 0.847. The van der Waals surface area contributed by atoms with Crippen LogP contribution >= 0.6 is 0 Å². The molecule has 0 fully saturated rings. The van der Waals surface area contributed by atoms with Crippen LogP contribution in [0.2, 0.25) is 0 Å². The van der Waals surface area contributed by atoms with Crippen molar-refractivity contribution in [3.63, 3.8) is 0 Å². The lowest BCUT2D eigenvalue weighted by Gasteiger charge is -2.19. The van der Waals surface area contributed by atoms with Crippen LogP contribution in [0.25, 0.3) is 0 Å². The van der Waals surface area contributed by atoms with E-state index in [0.717, 1.165) is 29.7 Å². The fraction of sp³-hybridized carbons (Fsp3) is 0.474. The number of aryl methyl sites for hydroxylation is 3. The Morgan fingerprint density at radius 3 is 2.43 bits per heavy atom. The van der Waals surface area contributed by atoms with Crippen molar-refractivity contribution in [2.45, 2.75) is 40.0 Å². The van der Waals surface area contributed by atoms with Crippen LogP contribution in [0.4, 0.5) is 5.69 Å². The molecule has 0 saturated heterocycles. The Balaban J connectivity index is 1.91. The van der Waals surface area contributed by atoms with Gasteiger partial charge in [0.1, 0.15) is 0 Å². The first-order valence-electron chi connectivity index (χ1n) is 8.15. The Hall–Kier alpha value is -2.10. The lowest BCUT2D eigenvalue weighted by Crippen LogP contribution is -2.35. The van der Waals surface area contributed by atoms with E-state index in [9.17, 15) is 9.59 Å². The third-order valence-corrected chi connectivity index (χ3v) is 4.30. The molecule has 0 aliphatic heterocycles. The van der Waals surface area contributed by atoms with Gasteiger partial charge in [-0.25, -0.2) is 0 Å². The Morgan fingerprint density at radius 2 is 1.87 bits per heavy atom. The van der Waals surface area contributed by atoms with E-state index in [-0.39, 0.29) is 18.4 Å². The minimum absolute atomic E-state index is 0.0223. The van der Waals surface area contributed by atoms with E-state index < -0.39 is 0 Å². The van der Waals surface area contributed by atoms with Crippen molar-refractivity contribution in [1.29, 1.82) is 0 Å². The minimum atomic E-state index is -0.155. The van der Waals surface area contributed by atoms with Gasteiger partial charge in [-0.05, 0) is 50.7 Å². The number of nitrogens with zero attached hydrogens (tertiary/aromatic N) is 1. The Morgan fingerprint density at radius 1 is 1.22 bits per heavy atom. The van der Waals surface area contributed by atoms with E-state index in [1.54, 1.807) is 7.05 Å². The number of carbonyl (C=O) groups is 2. The zero-order valence-electron chi connectivity index (χ0n) is 14.5. The van der Waals surface area contributed by atoms with Crippen molar-refractivity contribution in [2.75, 3.05) is 18.9 Å². The van der Waals surface area contributed by atoms with Gasteiger partial charge in [0.15, 0.2) is 0 Å². The normalized spacial score (nSPS) is 16.4. The van der Waals surface area contributed by atoms with E-state index in [1.165, 1.54) is 10.5 Å². The third-order valence-electron chi connectivity index (χ3n) is 4.30. The molecular weight excluding hydrogens is 288 g/mol. The molecule has 0 bridgehead atoms. The van der Waals surface area contributed by atoms with Gasteiger partial charge in [0.05, 0.1) is 6.54 Å². The van der Waals surface area contributed by atoms with Gasteiger partial charge in [-0.1, -0.05) is 29.8 Å². The molecule has 0 spiro atoms. The number of anilines is 1. The zero-order valence-corrected chi connectivity index (χ0v) is 14.5. The molecule has 2 rings (SSSR count). The maximum atomic E-state index is 12.2. The number of allylic oxidation sites excluding steroid dienone is 2. The number of amides is 2. The molecule has 1 aromatic rings. The van der Waals surface area contributed by atoms with Gasteiger partial charge in [0, 0.05) is 19.2 Å². The van der Waals surface area contributed by atoms with Crippen molar-refractivity contribution in [3.8, 4) is 0 Å². The Bertz CT molecular complexity index is 611. The van der Waals surface area contributed by atoms with Gasteiger partial charge in [-0.2, -0.15) is 0 Å². The Kier molecular flexibility index (Phi) is 5.59. The number of benzene rings is 1. The fourth-order valence-electron chi connectivity index (χ4n) is 3.11. The summed E-state index contributed by atoms with van der Waals surface area (Å²) in [5.41, 5.74) is 4.11. The molecule has 0 radical (unpaired) electrons. The van der Waals surface area contributed by atoms with Crippen LogP contribution in [0.1, 0.15) is 36.0 Å². The van der Waals surface area contributed by atoms with Crippen LogP contribution in [-0.2, 0) is 9.59 Å². The standard InChI is InChI=1S/C19H26N2O2/c1-13-9-14(2)19(15(3)10-13)20-17(22)12-21(4)18(23)11-16-7-5-6-8-16/h5,7,9-10,16H,6,8,11-12H2,1-4H3,(H,20,22)/t16-/m1/s1.